The fourth-order valence-corrected chi connectivity index (χ4v) is 5.65. The van der Waals surface area contributed by atoms with Crippen LogP contribution in [0, 0.1) is 11.7 Å². The van der Waals surface area contributed by atoms with Gasteiger partial charge in [-0.2, -0.15) is 0 Å². The Morgan fingerprint density at radius 3 is 2.48 bits per heavy atom. The molecule has 13 heteroatoms. The Kier molecular flexibility index (Phi) is 9.60. The van der Waals surface area contributed by atoms with E-state index in [-0.39, 0.29) is 47.5 Å². The highest BCUT2D eigenvalue weighted by molar-refractivity contribution is 7.92. The molecule has 3 N–H and O–H groups in total. The number of amides is 3. The zero-order chi connectivity index (χ0) is 30.6. The van der Waals surface area contributed by atoms with Gasteiger partial charge in [0.05, 0.1) is 35.3 Å². The SMILES string of the molecule is C[C@@H]1CN([C@@H](C)CO)C(=O)c2cccc(NS(=O)(=O)c3ccc(Cl)cc3)c2O[C@H]1CN(C)C(=O)Nc1ccc(F)cc1. The number of likely N-dealkylation sites (N-methyl/N-ethyl adjacent to an activating group) is 1. The van der Waals surface area contributed by atoms with Crippen molar-refractivity contribution in [3.8, 4) is 5.75 Å². The number of ether oxygens (including phenoxy) is 1. The molecule has 0 saturated carbocycles. The van der Waals surface area contributed by atoms with Gasteiger partial charge in [-0.15, -0.1) is 0 Å². The molecule has 42 heavy (non-hydrogen) atoms. The number of urea groups is 1. The maximum absolute atomic E-state index is 13.7. The number of carbonyl (C=O) groups excluding carboxylic acids is 2. The number of aliphatic hydroxyl groups excluding tert-OH is 1. The third-order valence-corrected chi connectivity index (χ3v) is 8.59. The fraction of sp³-hybridized carbons (Fsp3) is 0.310. The molecule has 0 bridgehead atoms. The van der Waals surface area contributed by atoms with E-state index in [1.54, 1.807) is 14.0 Å². The van der Waals surface area contributed by atoms with Gasteiger partial charge >= 0.3 is 6.03 Å². The molecule has 1 aliphatic rings. The van der Waals surface area contributed by atoms with Crippen molar-refractivity contribution in [2.24, 2.45) is 5.92 Å². The Labute approximate surface area is 249 Å². The number of sulfonamides is 1. The number of hydrogen-bond acceptors (Lipinski definition) is 6. The van der Waals surface area contributed by atoms with Gasteiger partial charge in [0.15, 0.2) is 5.75 Å². The summed E-state index contributed by atoms with van der Waals surface area (Å²) in [6.07, 6.45) is -0.699. The van der Waals surface area contributed by atoms with Crippen molar-refractivity contribution < 1.29 is 32.2 Å². The van der Waals surface area contributed by atoms with Crippen LogP contribution in [0.5, 0.6) is 5.75 Å². The van der Waals surface area contributed by atoms with Crippen LogP contribution in [0.1, 0.15) is 24.2 Å². The van der Waals surface area contributed by atoms with Gasteiger partial charge < -0.3 is 25.0 Å². The highest BCUT2D eigenvalue weighted by atomic mass is 35.5. The fourth-order valence-electron chi connectivity index (χ4n) is 4.46. The van der Waals surface area contributed by atoms with Crippen molar-refractivity contribution in [1.82, 2.24) is 9.80 Å². The van der Waals surface area contributed by atoms with E-state index in [0.717, 1.165) is 0 Å². The van der Waals surface area contributed by atoms with Gasteiger partial charge in [-0.25, -0.2) is 17.6 Å². The number of halogens is 2. The molecule has 0 unspecified atom stereocenters. The first kappa shape index (κ1) is 31.1. The highest BCUT2D eigenvalue weighted by Gasteiger charge is 2.35. The quantitative estimate of drug-likeness (QED) is 0.337. The molecule has 3 aromatic carbocycles. The predicted molar refractivity (Wildman–Crippen MR) is 158 cm³/mol. The molecule has 0 aliphatic carbocycles. The summed E-state index contributed by atoms with van der Waals surface area (Å²) in [5.41, 5.74) is 0.532. The number of carbonyl (C=O) groups is 2. The molecule has 3 aromatic rings. The van der Waals surface area contributed by atoms with Crippen LogP contribution >= 0.6 is 11.6 Å². The summed E-state index contributed by atoms with van der Waals surface area (Å²) in [5, 5.41) is 12.9. The summed E-state index contributed by atoms with van der Waals surface area (Å²) < 4.78 is 48.7. The van der Waals surface area contributed by atoms with Crippen molar-refractivity contribution in [2.75, 3.05) is 36.8 Å². The van der Waals surface area contributed by atoms with E-state index < -0.39 is 39.9 Å². The van der Waals surface area contributed by atoms with Gasteiger partial charge in [0.2, 0.25) is 0 Å². The van der Waals surface area contributed by atoms with Gasteiger partial charge in [0, 0.05) is 30.2 Å². The van der Waals surface area contributed by atoms with E-state index in [1.165, 1.54) is 76.5 Å². The summed E-state index contributed by atoms with van der Waals surface area (Å²) in [5.74, 6) is -1.22. The minimum atomic E-state index is -4.10. The number of aliphatic hydroxyl groups is 1. The molecular formula is C29H32ClFN4O6S. The number of hydrogen-bond donors (Lipinski definition) is 3. The first-order valence-corrected chi connectivity index (χ1v) is 15.0. The molecule has 0 radical (unpaired) electrons. The highest BCUT2D eigenvalue weighted by Crippen LogP contribution is 2.36. The number of nitrogens with zero attached hydrogens (tertiary/aromatic N) is 2. The largest absolute Gasteiger partial charge is 0.485 e. The number of nitrogens with one attached hydrogen (secondary N) is 2. The number of anilines is 2. The molecule has 0 saturated heterocycles. The molecule has 0 fully saturated rings. The van der Waals surface area contributed by atoms with Gasteiger partial charge in [0.25, 0.3) is 15.9 Å². The van der Waals surface area contributed by atoms with Gasteiger partial charge in [-0.05, 0) is 67.6 Å². The minimum Gasteiger partial charge on any atom is -0.485 e. The van der Waals surface area contributed by atoms with Crippen molar-refractivity contribution in [3.05, 3.63) is 83.1 Å². The van der Waals surface area contributed by atoms with Crippen LogP contribution in [0.15, 0.2) is 71.6 Å². The molecule has 0 spiro atoms. The average Bonchev–Trinajstić information content (AvgIpc) is 2.96. The maximum Gasteiger partial charge on any atom is 0.321 e. The summed E-state index contributed by atoms with van der Waals surface area (Å²) in [7, 11) is -2.54. The molecule has 224 valence electrons. The van der Waals surface area contributed by atoms with Crippen LogP contribution in [-0.4, -0.2) is 74.2 Å². The molecule has 0 aromatic heterocycles. The van der Waals surface area contributed by atoms with E-state index in [4.69, 9.17) is 16.3 Å². The van der Waals surface area contributed by atoms with E-state index in [9.17, 15) is 27.5 Å². The smallest absolute Gasteiger partial charge is 0.321 e. The minimum absolute atomic E-state index is 0.000860. The summed E-state index contributed by atoms with van der Waals surface area (Å²) in [4.78, 5) is 29.5. The lowest BCUT2D eigenvalue weighted by molar-refractivity contribution is 0.0373. The zero-order valence-electron chi connectivity index (χ0n) is 23.3. The third kappa shape index (κ3) is 7.12. The lowest BCUT2D eigenvalue weighted by Crippen LogP contribution is -2.50. The second kappa shape index (κ2) is 13.0. The van der Waals surface area contributed by atoms with Crippen LogP contribution < -0.4 is 14.8 Å². The van der Waals surface area contributed by atoms with Gasteiger partial charge in [0.1, 0.15) is 11.9 Å². The second-order valence-corrected chi connectivity index (χ2v) is 12.3. The Hall–Kier alpha value is -3.87. The van der Waals surface area contributed by atoms with Crippen LogP contribution in [0.2, 0.25) is 5.02 Å². The van der Waals surface area contributed by atoms with E-state index >= 15 is 0 Å². The van der Waals surface area contributed by atoms with Crippen molar-refractivity contribution in [1.29, 1.82) is 0 Å². The molecule has 1 aliphatic heterocycles. The van der Waals surface area contributed by atoms with E-state index in [0.29, 0.717) is 10.7 Å². The monoisotopic (exact) mass is 618 g/mol. The Balaban J connectivity index is 1.68. The van der Waals surface area contributed by atoms with Gasteiger partial charge in [-0.3, -0.25) is 9.52 Å². The Morgan fingerprint density at radius 1 is 1.17 bits per heavy atom. The van der Waals surface area contributed by atoms with Crippen molar-refractivity contribution in [3.63, 3.8) is 0 Å². The first-order valence-electron chi connectivity index (χ1n) is 13.2. The van der Waals surface area contributed by atoms with Crippen LogP contribution in [0.3, 0.4) is 0 Å². The standard InChI is InChI=1S/C29H32ClFN4O6S/c1-18-15-35(19(2)17-36)28(37)24-5-4-6-25(33-42(39,40)23-13-7-20(30)8-14-23)27(24)41-26(18)16-34(3)29(38)32-22-11-9-21(31)10-12-22/h4-14,18-19,26,33,36H,15-17H2,1-3H3,(H,32,38)/t18-,19+,26+/m1/s1. The van der Waals surface area contributed by atoms with Crippen molar-refractivity contribution >= 4 is 44.9 Å². The lowest BCUT2D eigenvalue weighted by atomic mass is 9.99. The van der Waals surface area contributed by atoms with E-state index in [2.05, 4.69) is 10.0 Å². The summed E-state index contributed by atoms with van der Waals surface area (Å²) in [6, 6.07) is 14.4. The zero-order valence-corrected chi connectivity index (χ0v) is 24.8. The summed E-state index contributed by atoms with van der Waals surface area (Å²) in [6.45, 7) is 3.52. The number of fused-ring (bicyclic) bond motifs is 1. The maximum atomic E-state index is 13.7. The first-order chi connectivity index (χ1) is 19.9. The molecule has 4 rings (SSSR count). The van der Waals surface area contributed by atoms with Crippen LogP contribution in [0.4, 0.5) is 20.6 Å². The third-order valence-electron chi connectivity index (χ3n) is 6.96. The summed E-state index contributed by atoms with van der Waals surface area (Å²) >= 11 is 5.92. The number of rotatable bonds is 8. The van der Waals surface area contributed by atoms with Gasteiger partial charge in [-0.1, -0.05) is 24.6 Å². The normalized spacial score (nSPS) is 17.8. The Morgan fingerprint density at radius 2 is 1.83 bits per heavy atom. The predicted octanol–water partition coefficient (Wildman–Crippen LogP) is 4.66. The van der Waals surface area contributed by atoms with Crippen LogP contribution in [0.25, 0.3) is 0 Å². The molecular weight excluding hydrogens is 587 g/mol. The molecule has 3 atom stereocenters. The molecule has 1 heterocycles. The number of para-hydroxylation sites is 1. The molecule has 10 nitrogen and oxygen atoms in total. The van der Waals surface area contributed by atoms with Crippen molar-refractivity contribution in [2.45, 2.75) is 30.9 Å². The Bertz CT molecular complexity index is 1540. The second-order valence-electron chi connectivity index (χ2n) is 10.2. The molecule has 3 amide bonds. The van der Waals surface area contributed by atoms with E-state index in [1.807, 2.05) is 6.92 Å². The number of benzene rings is 3. The lowest BCUT2D eigenvalue weighted by Gasteiger charge is -2.38. The van der Waals surface area contributed by atoms with Crippen LogP contribution in [-0.2, 0) is 10.0 Å². The average molecular weight is 619 g/mol. The topological polar surface area (TPSA) is 128 Å².